The average molecular weight is 512 g/mol. The molecule has 2 heterocycles. The Bertz CT molecular complexity index is 1590. The Hall–Kier alpha value is -5.18. The third-order valence-corrected chi connectivity index (χ3v) is 5.69. The lowest BCUT2D eigenvalue weighted by Crippen LogP contribution is -2.10. The Balaban J connectivity index is 1.66. The van der Waals surface area contributed by atoms with Gasteiger partial charge in [0.25, 0.3) is 5.91 Å². The number of carbonyl (C=O) groups is 2. The van der Waals surface area contributed by atoms with Crippen LogP contribution < -0.4 is 14.8 Å². The maximum absolute atomic E-state index is 13.7. The lowest BCUT2D eigenvalue weighted by Gasteiger charge is -2.11. The van der Waals surface area contributed by atoms with Gasteiger partial charge in [-0.05, 0) is 66.2 Å². The molecule has 9 heteroatoms. The molecule has 3 aromatic carbocycles. The third kappa shape index (κ3) is 4.90. The number of para-hydroxylation sites is 1. The molecule has 0 unspecified atom stereocenters. The largest absolute Gasteiger partial charge is 0.496 e. The first-order valence-corrected chi connectivity index (χ1v) is 11.6. The molecule has 0 atom stereocenters. The molecule has 0 aliphatic rings. The Morgan fingerprint density at radius 2 is 1.68 bits per heavy atom. The van der Waals surface area contributed by atoms with Gasteiger partial charge in [-0.15, -0.1) is 0 Å². The second kappa shape index (κ2) is 10.4. The van der Waals surface area contributed by atoms with Gasteiger partial charge in [0.1, 0.15) is 17.3 Å². The zero-order valence-electron chi connectivity index (χ0n) is 20.5. The molecule has 0 radical (unpaired) electrons. The summed E-state index contributed by atoms with van der Waals surface area (Å²) < 4.78 is 31.5. The summed E-state index contributed by atoms with van der Waals surface area (Å²) in [5.41, 5.74) is 3.34. The fourth-order valence-electron chi connectivity index (χ4n) is 4.00. The molecule has 0 saturated carbocycles. The van der Waals surface area contributed by atoms with Crippen LogP contribution in [-0.4, -0.2) is 28.8 Å². The predicted molar refractivity (Wildman–Crippen MR) is 139 cm³/mol. The number of hydrogen-bond acceptors (Lipinski definition) is 6. The minimum absolute atomic E-state index is 0.150. The van der Waals surface area contributed by atoms with Gasteiger partial charge in [0.15, 0.2) is 5.76 Å². The van der Waals surface area contributed by atoms with Crippen molar-refractivity contribution in [2.24, 2.45) is 0 Å². The quantitative estimate of drug-likeness (QED) is 0.264. The summed E-state index contributed by atoms with van der Waals surface area (Å²) in [6.07, 6.45) is 1.42. The van der Waals surface area contributed by atoms with E-state index in [-0.39, 0.29) is 17.5 Å². The lowest BCUT2D eigenvalue weighted by molar-refractivity contribution is -0.132. The van der Waals surface area contributed by atoms with Gasteiger partial charge in [-0.2, -0.15) is 9.78 Å². The fourth-order valence-corrected chi connectivity index (χ4v) is 4.00. The maximum Gasteiger partial charge on any atom is 0.309 e. The molecule has 0 saturated heterocycles. The van der Waals surface area contributed by atoms with E-state index >= 15 is 0 Å². The average Bonchev–Trinajstić information content (AvgIpc) is 3.58. The van der Waals surface area contributed by atoms with E-state index in [0.717, 1.165) is 0 Å². The minimum Gasteiger partial charge on any atom is -0.496 e. The van der Waals surface area contributed by atoms with Crippen LogP contribution in [0.15, 0.2) is 95.6 Å². The summed E-state index contributed by atoms with van der Waals surface area (Å²) in [6, 6.07) is 23.2. The molecular weight excluding hydrogens is 489 g/mol. The Morgan fingerprint density at radius 1 is 0.947 bits per heavy atom. The summed E-state index contributed by atoms with van der Waals surface area (Å²) in [6.45, 7) is 1.29. The van der Waals surface area contributed by atoms with Crippen molar-refractivity contribution in [1.82, 2.24) is 9.78 Å². The number of furan rings is 1. The number of aromatic nitrogens is 2. The first kappa shape index (κ1) is 24.5. The molecule has 0 fully saturated rings. The van der Waals surface area contributed by atoms with Crippen molar-refractivity contribution in [2.45, 2.75) is 6.92 Å². The first-order chi connectivity index (χ1) is 18.4. The maximum atomic E-state index is 13.7. The topological polar surface area (TPSA) is 95.6 Å². The highest BCUT2D eigenvalue weighted by Crippen LogP contribution is 2.43. The third-order valence-electron chi connectivity index (χ3n) is 5.69. The molecular formula is C29H22FN3O5. The van der Waals surface area contributed by atoms with E-state index in [0.29, 0.717) is 39.5 Å². The molecule has 0 aliphatic carbocycles. The van der Waals surface area contributed by atoms with E-state index in [1.165, 1.54) is 30.0 Å². The molecule has 0 bridgehead atoms. The Labute approximate surface area is 217 Å². The van der Waals surface area contributed by atoms with Crippen molar-refractivity contribution in [3.8, 4) is 39.7 Å². The summed E-state index contributed by atoms with van der Waals surface area (Å²) in [5.74, 6) is -0.449. The molecule has 1 amide bonds. The summed E-state index contributed by atoms with van der Waals surface area (Å²) in [7, 11) is 1.55. The number of rotatable bonds is 7. The Morgan fingerprint density at radius 3 is 2.34 bits per heavy atom. The van der Waals surface area contributed by atoms with Crippen molar-refractivity contribution in [1.29, 1.82) is 0 Å². The van der Waals surface area contributed by atoms with Crippen LogP contribution in [0.25, 0.3) is 28.1 Å². The van der Waals surface area contributed by atoms with E-state index in [4.69, 9.17) is 19.0 Å². The van der Waals surface area contributed by atoms with Crippen molar-refractivity contribution in [2.75, 3.05) is 12.4 Å². The first-order valence-electron chi connectivity index (χ1n) is 11.6. The molecule has 1 N–H and O–H groups in total. The Kier molecular flexibility index (Phi) is 6.73. The molecule has 0 aliphatic heterocycles. The summed E-state index contributed by atoms with van der Waals surface area (Å²) in [4.78, 5) is 24.6. The zero-order valence-corrected chi connectivity index (χ0v) is 20.5. The number of carbonyl (C=O) groups excluding carboxylic acids is 2. The van der Waals surface area contributed by atoms with Gasteiger partial charge in [-0.25, -0.2) is 4.39 Å². The van der Waals surface area contributed by atoms with Gasteiger partial charge in [0.05, 0.1) is 24.6 Å². The van der Waals surface area contributed by atoms with Gasteiger partial charge < -0.3 is 19.2 Å². The van der Waals surface area contributed by atoms with E-state index in [9.17, 15) is 14.0 Å². The smallest absolute Gasteiger partial charge is 0.309 e. The van der Waals surface area contributed by atoms with Crippen molar-refractivity contribution in [3.63, 3.8) is 0 Å². The molecule has 190 valence electrons. The van der Waals surface area contributed by atoms with Crippen LogP contribution in [0, 0.1) is 5.82 Å². The van der Waals surface area contributed by atoms with Gasteiger partial charge >= 0.3 is 5.97 Å². The second-order valence-corrected chi connectivity index (χ2v) is 8.22. The zero-order chi connectivity index (χ0) is 26.6. The highest BCUT2D eigenvalue weighted by Gasteiger charge is 2.26. The van der Waals surface area contributed by atoms with Crippen LogP contribution >= 0.6 is 0 Å². The summed E-state index contributed by atoms with van der Waals surface area (Å²) >= 11 is 0. The second-order valence-electron chi connectivity index (χ2n) is 8.22. The normalized spacial score (nSPS) is 10.7. The van der Waals surface area contributed by atoms with E-state index in [1.807, 2.05) is 18.2 Å². The number of methoxy groups -OCH3 is 1. The molecule has 2 aromatic heterocycles. The number of benzene rings is 3. The molecule has 5 rings (SSSR count). The van der Waals surface area contributed by atoms with Crippen LogP contribution in [0.4, 0.5) is 10.1 Å². The number of esters is 1. The monoisotopic (exact) mass is 511 g/mol. The van der Waals surface area contributed by atoms with Gasteiger partial charge in [-0.1, -0.05) is 24.3 Å². The van der Waals surface area contributed by atoms with Crippen LogP contribution in [0.3, 0.4) is 0 Å². The van der Waals surface area contributed by atoms with Crippen molar-refractivity contribution in [3.05, 3.63) is 103 Å². The number of ether oxygens (including phenoxy) is 2. The van der Waals surface area contributed by atoms with E-state index in [1.54, 1.807) is 61.7 Å². The lowest BCUT2D eigenvalue weighted by atomic mass is 10.00. The van der Waals surface area contributed by atoms with Crippen molar-refractivity contribution >= 4 is 17.6 Å². The molecule has 5 aromatic rings. The highest BCUT2D eigenvalue weighted by molar-refractivity contribution is 6.02. The standard InChI is InChI=1S/C29H22FN3O5/c1-18(34)38-29-26(19-9-13-21(14-10-19)31-28(35)25-8-5-17-37-25)27(23-6-3-4-7-24(23)36-2)32-33(29)22-15-11-20(30)12-16-22/h3-17H,1-2H3,(H,31,35). The molecule has 8 nitrogen and oxygen atoms in total. The van der Waals surface area contributed by atoms with Gasteiger partial charge in [-0.3, -0.25) is 9.59 Å². The van der Waals surface area contributed by atoms with Crippen LogP contribution in [-0.2, 0) is 4.79 Å². The van der Waals surface area contributed by atoms with Crippen LogP contribution in [0.2, 0.25) is 0 Å². The van der Waals surface area contributed by atoms with Gasteiger partial charge in [0, 0.05) is 18.2 Å². The van der Waals surface area contributed by atoms with Crippen molar-refractivity contribution < 1.29 is 27.9 Å². The van der Waals surface area contributed by atoms with E-state index < -0.39 is 11.8 Å². The number of hydrogen-bond donors (Lipinski definition) is 1. The van der Waals surface area contributed by atoms with E-state index in [2.05, 4.69) is 5.32 Å². The number of anilines is 1. The SMILES string of the molecule is COc1ccccc1-c1nn(-c2ccc(F)cc2)c(OC(C)=O)c1-c1ccc(NC(=O)c2ccco2)cc1. The summed E-state index contributed by atoms with van der Waals surface area (Å²) in [5, 5.41) is 7.55. The number of amides is 1. The number of nitrogens with zero attached hydrogens (tertiary/aromatic N) is 2. The van der Waals surface area contributed by atoms with Gasteiger partial charge in [0.2, 0.25) is 5.88 Å². The highest BCUT2D eigenvalue weighted by atomic mass is 19.1. The molecule has 0 spiro atoms. The number of nitrogens with one attached hydrogen (secondary N) is 1. The fraction of sp³-hybridized carbons (Fsp3) is 0.0690. The van der Waals surface area contributed by atoms with Crippen LogP contribution in [0.5, 0.6) is 11.6 Å². The predicted octanol–water partition coefficient (Wildman–Crippen LogP) is 6.12. The minimum atomic E-state index is -0.552. The molecule has 38 heavy (non-hydrogen) atoms. The van der Waals surface area contributed by atoms with Crippen LogP contribution in [0.1, 0.15) is 17.5 Å². The number of halogens is 1.